The molecule has 21 heavy (non-hydrogen) atoms. The summed E-state index contributed by atoms with van der Waals surface area (Å²) >= 11 is 5.87. The zero-order valence-corrected chi connectivity index (χ0v) is 13.0. The molecule has 4 heteroatoms. The van der Waals surface area contributed by atoms with E-state index in [-0.39, 0.29) is 5.78 Å². The Morgan fingerprint density at radius 1 is 1.29 bits per heavy atom. The molecule has 0 aliphatic carbocycles. The van der Waals surface area contributed by atoms with Gasteiger partial charge in [-0.3, -0.25) is 4.79 Å². The Bertz CT molecular complexity index is 581. The third kappa shape index (κ3) is 5.24. The summed E-state index contributed by atoms with van der Waals surface area (Å²) in [5.41, 5.74) is 2.11. The lowest BCUT2D eigenvalue weighted by Gasteiger charge is -2.19. The molecule has 0 unspecified atom stereocenters. The molecular formula is C17H19ClN2O. The highest BCUT2D eigenvalue weighted by atomic mass is 35.5. The number of ketones is 1. The third-order valence-corrected chi connectivity index (χ3v) is 3.44. The van der Waals surface area contributed by atoms with Gasteiger partial charge in [-0.15, -0.1) is 0 Å². The Morgan fingerprint density at radius 3 is 2.76 bits per heavy atom. The molecule has 1 heterocycles. The summed E-state index contributed by atoms with van der Waals surface area (Å²) in [7, 11) is 0. The van der Waals surface area contributed by atoms with Crippen molar-refractivity contribution in [3.05, 3.63) is 34.9 Å². The van der Waals surface area contributed by atoms with E-state index in [1.165, 1.54) is 5.56 Å². The first-order valence-corrected chi connectivity index (χ1v) is 7.63. The Kier molecular flexibility index (Phi) is 5.83. The van der Waals surface area contributed by atoms with Gasteiger partial charge in [0.2, 0.25) is 0 Å². The second-order valence-corrected chi connectivity index (χ2v) is 5.54. The first-order valence-electron chi connectivity index (χ1n) is 7.26. The lowest BCUT2D eigenvalue weighted by atomic mass is 10.0. The molecule has 0 bridgehead atoms. The number of carbonyl (C=O) groups is 1. The normalized spacial score (nSPS) is 14.5. The number of unbranched alkanes of at least 4 members (excludes halogenated alkanes) is 1. The summed E-state index contributed by atoms with van der Waals surface area (Å²) in [6.45, 7) is 2.39. The lowest BCUT2D eigenvalue weighted by molar-refractivity contribution is -0.118. The number of carbonyl (C=O) groups excluding carboxylic acids is 1. The largest absolute Gasteiger partial charge is 0.297 e. The number of nitrogens with zero attached hydrogens (tertiary/aromatic N) is 2. The van der Waals surface area contributed by atoms with E-state index in [9.17, 15) is 4.79 Å². The average molecular weight is 303 g/mol. The molecule has 1 aromatic rings. The van der Waals surface area contributed by atoms with Gasteiger partial charge in [-0.2, -0.15) is 5.10 Å². The molecule has 0 radical (unpaired) electrons. The maximum absolute atomic E-state index is 11.8. The Morgan fingerprint density at radius 2 is 2.05 bits per heavy atom. The van der Waals surface area contributed by atoms with Crippen LogP contribution in [-0.4, -0.2) is 23.0 Å². The van der Waals surface area contributed by atoms with E-state index in [0.29, 0.717) is 13.0 Å². The number of halogens is 1. The van der Waals surface area contributed by atoms with Crippen molar-refractivity contribution in [2.24, 2.45) is 5.10 Å². The first-order chi connectivity index (χ1) is 10.2. The number of hydrogen-bond donors (Lipinski definition) is 0. The Labute approximate surface area is 131 Å². The number of rotatable bonds is 4. The van der Waals surface area contributed by atoms with E-state index in [1.54, 1.807) is 5.01 Å². The van der Waals surface area contributed by atoms with E-state index in [0.717, 1.165) is 36.4 Å². The second kappa shape index (κ2) is 7.85. The molecule has 0 spiro atoms. The number of Topliss-reactive ketones (excluding diaryl/α,β-unsaturated/α-hetero) is 1. The summed E-state index contributed by atoms with van der Waals surface area (Å²) in [6.07, 6.45) is 3.93. The minimum Gasteiger partial charge on any atom is -0.297 e. The van der Waals surface area contributed by atoms with Crippen LogP contribution in [0.2, 0.25) is 5.02 Å². The topological polar surface area (TPSA) is 32.7 Å². The van der Waals surface area contributed by atoms with E-state index in [2.05, 4.69) is 24.0 Å². The molecule has 1 aliphatic heterocycles. The van der Waals surface area contributed by atoms with Crippen LogP contribution in [0.15, 0.2) is 29.4 Å². The summed E-state index contributed by atoms with van der Waals surface area (Å²) in [4.78, 5) is 11.8. The fourth-order valence-corrected chi connectivity index (χ4v) is 2.23. The van der Waals surface area contributed by atoms with Crippen LogP contribution in [0.4, 0.5) is 0 Å². The average Bonchev–Trinajstić information content (AvgIpc) is 2.46. The number of hydrogen-bond acceptors (Lipinski definition) is 3. The molecular weight excluding hydrogens is 284 g/mol. The van der Waals surface area contributed by atoms with Crippen molar-refractivity contribution >= 4 is 23.1 Å². The zero-order valence-electron chi connectivity index (χ0n) is 12.2. The van der Waals surface area contributed by atoms with Crippen LogP contribution in [0.1, 0.15) is 38.2 Å². The van der Waals surface area contributed by atoms with Gasteiger partial charge in [0.1, 0.15) is 6.54 Å². The zero-order chi connectivity index (χ0) is 15.1. The van der Waals surface area contributed by atoms with Gasteiger partial charge < -0.3 is 0 Å². The molecule has 1 aliphatic rings. The molecule has 2 rings (SSSR count). The Hall–Kier alpha value is -1.79. The fourth-order valence-electron chi connectivity index (χ4n) is 2.11. The van der Waals surface area contributed by atoms with Gasteiger partial charge in [0.15, 0.2) is 5.78 Å². The summed E-state index contributed by atoms with van der Waals surface area (Å²) in [5.74, 6) is 3.21. The smallest absolute Gasteiger partial charge is 0.160 e. The quantitative estimate of drug-likeness (QED) is 0.795. The van der Waals surface area contributed by atoms with Gasteiger partial charge >= 0.3 is 0 Å². The maximum atomic E-state index is 11.8. The van der Waals surface area contributed by atoms with Gasteiger partial charge in [-0.05, 0) is 37.0 Å². The molecule has 0 atom stereocenters. The van der Waals surface area contributed by atoms with Crippen LogP contribution in [0.25, 0.3) is 0 Å². The standard InChI is InChI=1S/C17H19ClN2O/c1-2-3-4-11-20-13-17(21)12-16(19-20)10-7-14-5-8-15(18)9-6-14/h5-6,8-9H,2-3,7,10,12-13H2,1H3. The molecule has 110 valence electrons. The summed E-state index contributed by atoms with van der Waals surface area (Å²) in [6, 6.07) is 10.7. The van der Waals surface area contributed by atoms with Gasteiger partial charge in [-0.1, -0.05) is 36.6 Å². The van der Waals surface area contributed by atoms with Crippen molar-refractivity contribution < 1.29 is 4.79 Å². The molecule has 3 nitrogen and oxygen atoms in total. The molecule has 0 saturated carbocycles. The highest BCUT2D eigenvalue weighted by Gasteiger charge is 2.17. The molecule has 0 saturated heterocycles. The summed E-state index contributed by atoms with van der Waals surface area (Å²) in [5, 5.41) is 6.79. The number of benzene rings is 1. The molecule has 0 fully saturated rings. The van der Waals surface area contributed by atoms with Gasteiger partial charge in [-0.25, -0.2) is 5.01 Å². The van der Waals surface area contributed by atoms with Crippen LogP contribution in [0, 0.1) is 12.0 Å². The maximum Gasteiger partial charge on any atom is 0.160 e. The van der Waals surface area contributed by atoms with E-state index < -0.39 is 0 Å². The predicted octanol–water partition coefficient (Wildman–Crippen LogP) is 3.66. The van der Waals surface area contributed by atoms with Crippen molar-refractivity contribution in [3.8, 4) is 12.0 Å². The van der Waals surface area contributed by atoms with Crippen molar-refractivity contribution in [1.29, 1.82) is 0 Å². The van der Waals surface area contributed by atoms with E-state index >= 15 is 0 Å². The monoisotopic (exact) mass is 302 g/mol. The van der Waals surface area contributed by atoms with Crippen LogP contribution >= 0.6 is 11.6 Å². The van der Waals surface area contributed by atoms with Crippen LogP contribution in [0.5, 0.6) is 0 Å². The van der Waals surface area contributed by atoms with Crippen molar-refractivity contribution in [1.82, 2.24) is 5.01 Å². The molecule has 0 amide bonds. The molecule has 1 aromatic carbocycles. The Balaban J connectivity index is 1.96. The van der Waals surface area contributed by atoms with Crippen molar-refractivity contribution in [2.75, 3.05) is 6.54 Å². The molecule has 0 N–H and O–H groups in total. The number of aryl methyl sites for hydroxylation is 1. The number of hydrazone groups is 1. The summed E-state index contributed by atoms with van der Waals surface area (Å²) < 4.78 is 0. The minimum atomic E-state index is 0.182. The van der Waals surface area contributed by atoms with E-state index in [4.69, 9.17) is 11.6 Å². The highest BCUT2D eigenvalue weighted by molar-refractivity contribution is 6.30. The first kappa shape index (κ1) is 15.6. The molecule has 0 aromatic heterocycles. The van der Waals surface area contributed by atoms with Crippen LogP contribution in [-0.2, 0) is 11.2 Å². The fraction of sp³-hybridized carbons (Fsp3) is 0.412. The van der Waals surface area contributed by atoms with Crippen LogP contribution < -0.4 is 0 Å². The second-order valence-electron chi connectivity index (χ2n) is 5.10. The predicted molar refractivity (Wildman–Crippen MR) is 86.2 cm³/mol. The van der Waals surface area contributed by atoms with Crippen molar-refractivity contribution in [2.45, 2.75) is 39.0 Å². The SMILES string of the molecule is CCCC#CN1CC(=O)CC(CCc2ccc(Cl)cc2)=N1. The highest BCUT2D eigenvalue weighted by Crippen LogP contribution is 2.13. The minimum absolute atomic E-state index is 0.182. The van der Waals surface area contributed by atoms with Gasteiger partial charge in [0, 0.05) is 29.6 Å². The van der Waals surface area contributed by atoms with E-state index in [1.807, 2.05) is 24.3 Å². The lowest BCUT2D eigenvalue weighted by Crippen LogP contribution is -2.30. The van der Waals surface area contributed by atoms with Crippen LogP contribution in [0.3, 0.4) is 0 Å². The van der Waals surface area contributed by atoms with Gasteiger partial charge in [0.25, 0.3) is 0 Å². The third-order valence-electron chi connectivity index (χ3n) is 3.19. The van der Waals surface area contributed by atoms with Gasteiger partial charge in [0.05, 0.1) is 0 Å². The van der Waals surface area contributed by atoms with Crippen molar-refractivity contribution in [3.63, 3.8) is 0 Å².